The van der Waals surface area contributed by atoms with Crippen molar-refractivity contribution in [1.82, 2.24) is 19.4 Å². The average Bonchev–Trinajstić information content (AvgIpc) is 3.41. The van der Waals surface area contributed by atoms with E-state index < -0.39 is 0 Å². The first-order valence-corrected chi connectivity index (χ1v) is 12.2. The zero-order chi connectivity index (χ0) is 21.9. The van der Waals surface area contributed by atoms with Crippen LogP contribution < -0.4 is 5.56 Å². The molecule has 4 aliphatic rings. The van der Waals surface area contributed by atoms with Gasteiger partial charge in [-0.1, -0.05) is 24.3 Å². The zero-order valence-corrected chi connectivity index (χ0v) is 19.0. The second-order valence-electron chi connectivity index (χ2n) is 10.4. The van der Waals surface area contributed by atoms with E-state index in [1.54, 1.807) is 0 Å². The van der Waals surface area contributed by atoms with Crippen LogP contribution in [0.4, 0.5) is 0 Å². The molecule has 6 heteroatoms. The number of likely N-dealkylation sites (tertiary alicyclic amines) is 1. The monoisotopic (exact) mass is 432 g/mol. The van der Waals surface area contributed by atoms with Gasteiger partial charge in [0.05, 0.1) is 24.2 Å². The topological polar surface area (TPSA) is 58.4 Å². The first-order chi connectivity index (χ1) is 15.5. The first kappa shape index (κ1) is 20.2. The molecular weight excluding hydrogens is 400 g/mol. The van der Waals surface area contributed by atoms with Gasteiger partial charge >= 0.3 is 0 Å². The minimum atomic E-state index is 0.0564. The summed E-state index contributed by atoms with van der Waals surface area (Å²) < 4.78 is 1.94. The van der Waals surface area contributed by atoms with E-state index >= 15 is 0 Å². The second kappa shape index (κ2) is 7.55. The van der Waals surface area contributed by atoms with Gasteiger partial charge in [0.25, 0.3) is 5.56 Å². The van der Waals surface area contributed by atoms with Crippen LogP contribution in [-0.2, 0) is 36.1 Å². The van der Waals surface area contributed by atoms with Crippen molar-refractivity contribution in [2.24, 2.45) is 5.92 Å². The number of rotatable bonds is 4. The number of hydrogen-bond donors (Lipinski definition) is 0. The van der Waals surface area contributed by atoms with Crippen LogP contribution in [0.2, 0.25) is 0 Å². The van der Waals surface area contributed by atoms with Crippen molar-refractivity contribution >= 4 is 5.91 Å². The van der Waals surface area contributed by atoms with Gasteiger partial charge in [0.2, 0.25) is 5.91 Å². The minimum absolute atomic E-state index is 0.0564. The zero-order valence-electron chi connectivity index (χ0n) is 19.0. The molecule has 0 unspecified atom stereocenters. The Kier molecular flexibility index (Phi) is 4.75. The van der Waals surface area contributed by atoms with Crippen LogP contribution in [0.15, 0.2) is 29.1 Å². The van der Waals surface area contributed by atoms with Gasteiger partial charge in [0, 0.05) is 38.0 Å². The van der Waals surface area contributed by atoms with Gasteiger partial charge in [-0.2, -0.15) is 0 Å². The lowest BCUT2D eigenvalue weighted by Gasteiger charge is -2.30. The van der Waals surface area contributed by atoms with Gasteiger partial charge in [-0.25, -0.2) is 4.98 Å². The first-order valence-electron chi connectivity index (χ1n) is 12.2. The van der Waals surface area contributed by atoms with E-state index in [9.17, 15) is 9.59 Å². The fourth-order valence-electron chi connectivity index (χ4n) is 6.03. The quantitative estimate of drug-likeness (QED) is 0.745. The molecule has 2 aromatic rings. The number of hydrogen-bond acceptors (Lipinski definition) is 4. The summed E-state index contributed by atoms with van der Waals surface area (Å²) in [6, 6.07) is 8.03. The molecule has 1 amide bonds. The van der Waals surface area contributed by atoms with Gasteiger partial charge in [0.1, 0.15) is 5.82 Å². The Hall–Kier alpha value is -2.47. The number of carbonyl (C=O) groups is 1. The molecule has 1 aromatic heterocycles. The molecular formula is C26H32N4O2. The fourth-order valence-corrected chi connectivity index (χ4v) is 6.03. The summed E-state index contributed by atoms with van der Waals surface area (Å²) in [6.07, 6.45) is 5.97. The van der Waals surface area contributed by atoms with Crippen LogP contribution in [0.5, 0.6) is 0 Å². The molecule has 0 bridgehead atoms. The van der Waals surface area contributed by atoms with E-state index in [1.807, 2.05) is 40.7 Å². The molecule has 6 rings (SSSR count). The number of nitrogens with zero attached hydrogens (tertiary/aromatic N) is 4. The van der Waals surface area contributed by atoms with Crippen LogP contribution >= 0.6 is 0 Å². The molecule has 1 saturated heterocycles. The maximum absolute atomic E-state index is 13.5. The maximum Gasteiger partial charge on any atom is 0.258 e. The van der Waals surface area contributed by atoms with Gasteiger partial charge in [-0.05, 0) is 56.2 Å². The van der Waals surface area contributed by atoms with Crippen molar-refractivity contribution in [2.75, 3.05) is 26.2 Å². The third-order valence-corrected chi connectivity index (χ3v) is 8.21. The van der Waals surface area contributed by atoms with Crippen molar-refractivity contribution in [3.05, 3.63) is 62.8 Å². The molecule has 168 valence electrons. The number of carbonyl (C=O) groups excluding carboxylic acids is 1. The predicted octanol–water partition coefficient (Wildman–Crippen LogP) is 2.44. The molecule has 0 radical (unpaired) electrons. The molecule has 1 saturated carbocycles. The fraction of sp³-hybridized carbons (Fsp3) is 0.577. The summed E-state index contributed by atoms with van der Waals surface area (Å²) in [5, 5.41) is 0. The Labute approximate surface area is 189 Å². The molecule has 1 aromatic carbocycles. The SMILES string of the molecule is Cc1ccccc1CC(=O)N1CCc2nc3n(c(=O)c2C1)CC[C@@]31CCN(CC2CC2)C1. The summed E-state index contributed by atoms with van der Waals surface area (Å²) in [5.74, 6) is 2.02. The summed E-state index contributed by atoms with van der Waals surface area (Å²) in [4.78, 5) is 36.0. The Bertz CT molecular complexity index is 1140. The van der Waals surface area contributed by atoms with Crippen LogP contribution in [-0.4, -0.2) is 51.4 Å². The summed E-state index contributed by atoms with van der Waals surface area (Å²) in [5.41, 5.74) is 4.02. The third kappa shape index (κ3) is 3.40. The number of aryl methyl sites for hydroxylation is 1. The lowest BCUT2D eigenvalue weighted by molar-refractivity contribution is -0.131. The molecule has 0 N–H and O–H groups in total. The number of amides is 1. The summed E-state index contributed by atoms with van der Waals surface area (Å²) >= 11 is 0. The summed E-state index contributed by atoms with van der Waals surface area (Å²) in [7, 11) is 0. The lowest BCUT2D eigenvalue weighted by Crippen LogP contribution is -2.42. The van der Waals surface area contributed by atoms with Gasteiger partial charge in [-0.3, -0.25) is 14.2 Å². The summed E-state index contributed by atoms with van der Waals surface area (Å²) in [6.45, 7) is 7.25. The highest BCUT2D eigenvalue weighted by molar-refractivity contribution is 5.79. The predicted molar refractivity (Wildman–Crippen MR) is 123 cm³/mol. The molecule has 1 spiro atoms. The number of benzene rings is 1. The minimum Gasteiger partial charge on any atom is -0.337 e. The largest absolute Gasteiger partial charge is 0.337 e. The molecule has 3 aliphatic heterocycles. The van der Waals surface area contributed by atoms with Gasteiger partial charge in [0.15, 0.2) is 0 Å². The van der Waals surface area contributed by atoms with E-state index in [0.717, 1.165) is 66.6 Å². The Morgan fingerprint density at radius 2 is 1.97 bits per heavy atom. The van der Waals surface area contributed by atoms with E-state index in [0.29, 0.717) is 25.9 Å². The Morgan fingerprint density at radius 1 is 1.16 bits per heavy atom. The van der Waals surface area contributed by atoms with E-state index in [4.69, 9.17) is 4.98 Å². The van der Waals surface area contributed by atoms with Crippen LogP contribution in [0, 0.1) is 12.8 Å². The highest BCUT2D eigenvalue weighted by Crippen LogP contribution is 2.42. The number of aromatic nitrogens is 2. The van der Waals surface area contributed by atoms with E-state index in [1.165, 1.54) is 19.4 Å². The number of fused-ring (bicyclic) bond motifs is 3. The molecule has 2 fully saturated rings. The van der Waals surface area contributed by atoms with Crippen LogP contribution in [0.25, 0.3) is 0 Å². The van der Waals surface area contributed by atoms with Gasteiger partial charge in [-0.15, -0.1) is 0 Å². The maximum atomic E-state index is 13.5. The van der Waals surface area contributed by atoms with E-state index in [-0.39, 0.29) is 16.9 Å². The van der Waals surface area contributed by atoms with Crippen molar-refractivity contribution in [2.45, 2.75) is 64.0 Å². The third-order valence-electron chi connectivity index (χ3n) is 8.21. The van der Waals surface area contributed by atoms with Crippen LogP contribution in [0.1, 0.15) is 53.9 Å². The lowest BCUT2D eigenvalue weighted by atomic mass is 9.85. The van der Waals surface area contributed by atoms with Crippen LogP contribution in [0.3, 0.4) is 0 Å². The standard InChI is InChI=1S/C26H32N4O2/c1-18-4-2-3-5-20(18)14-23(31)29-11-8-22-21(16-29)24(32)30-13-10-26(25(30)27-22)9-12-28(17-26)15-19-6-7-19/h2-5,19H,6-17H2,1H3/t26-/m1/s1. The van der Waals surface area contributed by atoms with Gasteiger partial charge < -0.3 is 9.80 Å². The van der Waals surface area contributed by atoms with Crippen molar-refractivity contribution in [3.8, 4) is 0 Å². The Morgan fingerprint density at radius 3 is 2.78 bits per heavy atom. The normalized spacial score (nSPS) is 24.7. The highest BCUT2D eigenvalue weighted by Gasteiger charge is 2.47. The van der Waals surface area contributed by atoms with Crippen molar-refractivity contribution < 1.29 is 4.79 Å². The molecule has 4 heterocycles. The highest BCUT2D eigenvalue weighted by atomic mass is 16.2. The second-order valence-corrected chi connectivity index (χ2v) is 10.4. The molecule has 1 aliphatic carbocycles. The average molecular weight is 433 g/mol. The Balaban J connectivity index is 1.23. The molecule has 32 heavy (non-hydrogen) atoms. The smallest absolute Gasteiger partial charge is 0.258 e. The van der Waals surface area contributed by atoms with Crippen molar-refractivity contribution in [1.29, 1.82) is 0 Å². The van der Waals surface area contributed by atoms with Crippen molar-refractivity contribution in [3.63, 3.8) is 0 Å². The van der Waals surface area contributed by atoms with E-state index in [2.05, 4.69) is 4.90 Å². The molecule has 6 nitrogen and oxygen atoms in total. The molecule has 1 atom stereocenters.